The standard InChI is InChI=1S/C20H16N4O2/c1-12-10-16(15-4-2-3-5-17(15)22-12)20(26)24-23-19(25)14-7-6-13-8-9-21-18(13)11-14/h2-11,21H,1H3,(H,23,25)(H,24,26). The van der Waals surface area contributed by atoms with Gasteiger partial charge in [-0.2, -0.15) is 0 Å². The summed E-state index contributed by atoms with van der Waals surface area (Å²) in [6, 6.07) is 16.3. The number of rotatable bonds is 2. The summed E-state index contributed by atoms with van der Waals surface area (Å²) in [6.45, 7) is 1.83. The number of nitrogens with zero attached hydrogens (tertiary/aromatic N) is 1. The van der Waals surface area contributed by atoms with Gasteiger partial charge in [0, 0.05) is 28.4 Å². The molecule has 2 amide bonds. The molecule has 4 aromatic rings. The van der Waals surface area contributed by atoms with Crippen LogP contribution in [0.1, 0.15) is 26.4 Å². The predicted octanol–water partition coefficient (Wildman–Crippen LogP) is 3.10. The first kappa shape index (κ1) is 15.8. The molecule has 26 heavy (non-hydrogen) atoms. The van der Waals surface area contributed by atoms with Gasteiger partial charge < -0.3 is 4.98 Å². The van der Waals surface area contributed by atoms with E-state index >= 15 is 0 Å². The Bertz CT molecular complexity index is 1150. The zero-order valence-corrected chi connectivity index (χ0v) is 14.0. The summed E-state index contributed by atoms with van der Waals surface area (Å²) in [5.74, 6) is -0.772. The van der Waals surface area contributed by atoms with Crippen LogP contribution in [0.2, 0.25) is 0 Å². The van der Waals surface area contributed by atoms with E-state index in [2.05, 4.69) is 20.8 Å². The van der Waals surface area contributed by atoms with Gasteiger partial charge in [-0.3, -0.25) is 25.4 Å². The van der Waals surface area contributed by atoms with Crippen LogP contribution in [0.25, 0.3) is 21.8 Å². The number of aromatic nitrogens is 2. The van der Waals surface area contributed by atoms with Crippen LogP contribution in [-0.4, -0.2) is 21.8 Å². The van der Waals surface area contributed by atoms with Crippen molar-refractivity contribution < 1.29 is 9.59 Å². The second kappa shape index (κ2) is 6.33. The zero-order chi connectivity index (χ0) is 18.1. The van der Waals surface area contributed by atoms with Crippen LogP contribution in [0.5, 0.6) is 0 Å². The minimum Gasteiger partial charge on any atom is -0.361 e. The number of pyridine rings is 1. The number of hydrogen-bond donors (Lipinski definition) is 3. The van der Waals surface area contributed by atoms with Crippen molar-refractivity contribution in [2.24, 2.45) is 0 Å². The molecule has 0 saturated carbocycles. The molecule has 0 bridgehead atoms. The Balaban J connectivity index is 1.54. The summed E-state index contributed by atoms with van der Waals surface area (Å²) < 4.78 is 0. The lowest BCUT2D eigenvalue weighted by molar-refractivity contribution is 0.0847. The van der Waals surface area contributed by atoms with E-state index in [9.17, 15) is 9.59 Å². The number of aryl methyl sites for hydroxylation is 1. The Morgan fingerprint density at radius 3 is 2.65 bits per heavy atom. The fraction of sp³-hybridized carbons (Fsp3) is 0.0500. The molecule has 128 valence electrons. The van der Waals surface area contributed by atoms with Crippen molar-refractivity contribution in [3.8, 4) is 0 Å². The SMILES string of the molecule is Cc1cc(C(=O)NNC(=O)c2ccc3cc[nH]c3c2)c2ccccc2n1. The normalized spacial score (nSPS) is 10.8. The third-order valence-electron chi connectivity index (χ3n) is 4.20. The van der Waals surface area contributed by atoms with Crippen LogP contribution in [0.3, 0.4) is 0 Å². The maximum atomic E-state index is 12.6. The monoisotopic (exact) mass is 344 g/mol. The summed E-state index contributed by atoms with van der Waals surface area (Å²) >= 11 is 0. The molecule has 2 heterocycles. The van der Waals surface area contributed by atoms with E-state index in [1.54, 1.807) is 18.2 Å². The van der Waals surface area contributed by atoms with Crippen LogP contribution in [0, 0.1) is 6.92 Å². The second-order valence-electron chi connectivity index (χ2n) is 6.02. The van der Waals surface area contributed by atoms with Crippen molar-refractivity contribution in [1.29, 1.82) is 0 Å². The van der Waals surface area contributed by atoms with E-state index < -0.39 is 0 Å². The molecule has 0 aliphatic rings. The van der Waals surface area contributed by atoms with Gasteiger partial charge in [0.05, 0.1) is 11.1 Å². The van der Waals surface area contributed by atoms with E-state index in [1.165, 1.54) is 0 Å². The molecule has 0 atom stereocenters. The van der Waals surface area contributed by atoms with E-state index in [0.717, 1.165) is 27.5 Å². The van der Waals surface area contributed by atoms with E-state index in [4.69, 9.17) is 0 Å². The van der Waals surface area contributed by atoms with Gasteiger partial charge in [-0.1, -0.05) is 24.3 Å². The summed E-state index contributed by atoms with van der Waals surface area (Å²) in [6.07, 6.45) is 1.81. The molecule has 0 aliphatic heterocycles. The first-order valence-electron chi connectivity index (χ1n) is 8.16. The Hall–Kier alpha value is -3.67. The number of benzene rings is 2. The quantitative estimate of drug-likeness (QED) is 0.488. The van der Waals surface area contributed by atoms with Crippen LogP contribution in [-0.2, 0) is 0 Å². The molecule has 4 rings (SSSR count). The second-order valence-corrected chi connectivity index (χ2v) is 6.02. The van der Waals surface area contributed by atoms with Crippen LogP contribution < -0.4 is 10.9 Å². The maximum absolute atomic E-state index is 12.6. The van der Waals surface area contributed by atoms with Crippen molar-refractivity contribution in [3.05, 3.63) is 77.6 Å². The summed E-state index contributed by atoms with van der Waals surface area (Å²) in [7, 11) is 0. The van der Waals surface area contributed by atoms with E-state index in [1.807, 2.05) is 49.5 Å². The molecular formula is C20H16N4O2. The molecule has 0 saturated heterocycles. The third-order valence-corrected chi connectivity index (χ3v) is 4.20. The number of H-pyrrole nitrogens is 1. The molecule has 6 heteroatoms. The van der Waals surface area contributed by atoms with Crippen molar-refractivity contribution in [2.75, 3.05) is 0 Å². The van der Waals surface area contributed by atoms with Gasteiger partial charge in [0.1, 0.15) is 0 Å². The third kappa shape index (κ3) is 2.88. The fourth-order valence-electron chi connectivity index (χ4n) is 2.94. The molecule has 0 radical (unpaired) electrons. The summed E-state index contributed by atoms with van der Waals surface area (Å²) in [5.41, 5.74) is 8.20. The summed E-state index contributed by atoms with van der Waals surface area (Å²) in [4.78, 5) is 32.4. The number of carbonyl (C=O) groups is 2. The van der Waals surface area contributed by atoms with Crippen LogP contribution in [0.15, 0.2) is 60.8 Å². The number of hydrogen-bond acceptors (Lipinski definition) is 3. The lowest BCUT2D eigenvalue weighted by atomic mass is 10.1. The highest BCUT2D eigenvalue weighted by Gasteiger charge is 2.13. The Kier molecular flexibility index (Phi) is 3.85. The van der Waals surface area contributed by atoms with Gasteiger partial charge in [0.15, 0.2) is 0 Å². The Labute approximate surface area is 149 Å². The maximum Gasteiger partial charge on any atom is 0.270 e. The van der Waals surface area contributed by atoms with Gasteiger partial charge >= 0.3 is 0 Å². The van der Waals surface area contributed by atoms with Crippen molar-refractivity contribution in [1.82, 2.24) is 20.8 Å². The van der Waals surface area contributed by atoms with Crippen LogP contribution >= 0.6 is 0 Å². The lowest BCUT2D eigenvalue weighted by Crippen LogP contribution is -2.41. The predicted molar refractivity (Wildman–Crippen MR) is 99.7 cm³/mol. The van der Waals surface area contributed by atoms with Gasteiger partial charge in [-0.05, 0) is 42.6 Å². The highest BCUT2D eigenvalue weighted by atomic mass is 16.2. The van der Waals surface area contributed by atoms with Crippen molar-refractivity contribution in [3.63, 3.8) is 0 Å². The summed E-state index contributed by atoms with van der Waals surface area (Å²) in [5, 5.41) is 1.75. The number of aromatic amines is 1. The van der Waals surface area contributed by atoms with Gasteiger partial charge in [0.25, 0.3) is 11.8 Å². The molecule has 0 spiro atoms. The smallest absolute Gasteiger partial charge is 0.270 e. The number of amides is 2. The lowest BCUT2D eigenvalue weighted by Gasteiger charge is -2.10. The highest BCUT2D eigenvalue weighted by molar-refractivity contribution is 6.07. The topological polar surface area (TPSA) is 86.9 Å². The number of nitrogens with one attached hydrogen (secondary N) is 3. The molecule has 6 nitrogen and oxygen atoms in total. The number of carbonyl (C=O) groups excluding carboxylic acids is 2. The average Bonchev–Trinajstić information content (AvgIpc) is 3.12. The molecule has 0 fully saturated rings. The number of para-hydroxylation sites is 1. The first-order valence-corrected chi connectivity index (χ1v) is 8.16. The fourth-order valence-corrected chi connectivity index (χ4v) is 2.94. The first-order chi connectivity index (χ1) is 12.6. The molecule has 2 aromatic heterocycles. The van der Waals surface area contributed by atoms with Crippen LogP contribution in [0.4, 0.5) is 0 Å². The minimum atomic E-state index is -0.388. The van der Waals surface area contributed by atoms with Gasteiger partial charge in [0.2, 0.25) is 0 Å². The molecule has 2 aromatic carbocycles. The molecule has 0 unspecified atom stereocenters. The molecule has 3 N–H and O–H groups in total. The number of hydrazine groups is 1. The molecular weight excluding hydrogens is 328 g/mol. The van der Waals surface area contributed by atoms with Crippen molar-refractivity contribution in [2.45, 2.75) is 6.92 Å². The molecule has 0 aliphatic carbocycles. The largest absolute Gasteiger partial charge is 0.361 e. The van der Waals surface area contributed by atoms with E-state index in [0.29, 0.717) is 11.1 Å². The zero-order valence-electron chi connectivity index (χ0n) is 14.0. The Morgan fingerprint density at radius 1 is 0.962 bits per heavy atom. The number of fused-ring (bicyclic) bond motifs is 2. The van der Waals surface area contributed by atoms with Crippen molar-refractivity contribution >= 4 is 33.6 Å². The highest BCUT2D eigenvalue weighted by Crippen LogP contribution is 2.18. The Morgan fingerprint density at radius 2 is 1.77 bits per heavy atom. The van der Waals surface area contributed by atoms with Gasteiger partial charge in [-0.25, -0.2) is 0 Å². The average molecular weight is 344 g/mol. The minimum absolute atomic E-state index is 0.384. The van der Waals surface area contributed by atoms with E-state index in [-0.39, 0.29) is 11.8 Å². The van der Waals surface area contributed by atoms with Gasteiger partial charge in [-0.15, -0.1) is 0 Å².